The highest BCUT2D eigenvalue weighted by Gasteiger charge is 2.36. The largest absolute Gasteiger partial charge is 0.479 e. The Morgan fingerprint density at radius 1 is 1.11 bits per heavy atom. The number of halogens is 1. The SMILES string of the molecule is O=C(O)C(c1ccc(Cl)cc1)N1C(=O)C=CC1=O. The van der Waals surface area contributed by atoms with Crippen LogP contribution in [0.15, 0.2) is 36.4 Å². The third-order valence-corrected chi connectivity index (χ3v) is 2.77. The number of carbonyl (C=O) groups is 3. The maximum atomic E-state index is 11.5. The average Bonchev–Trinajstić information content (AvgIpc) is 2.63. The monoisotopic (exact) mass is 265 g/mol. The van der Waals surface area contributed by atoms with Crippen LogP contribution in [0.5, 0.6) is 0 Å². The van der Waals surface area contributed by atoms with Crippen LogP contribution in [-0.2, 0) is 14.4 Å². The minimum absolute atomic E-state index is 0.317. The van der Waals surface area contributed by atoms with E-state index < -0.39 is 23.8 Å². The highest BCUT2D eigenvalue weighted by Crippen LogP contribution is 2.25. The van der Waals surface area contributed by atoms with Crippen LogP contribution in [0.4, 0.5) is 0 Å². The maximum absolute atomic E-state index is 11.5. The molecule has 0 fully saturated rings. The van der Waals surface area contributed by atoms with E-state index in [-0.39, 0.29) is 0 Å². The lowest BCUT2D eigenvalue weighted by Crippen LogP contribution is -2.38. The zero-order chi connectivity index (χ0) is 13.3. The van der Waals surface area contributed by atoms with Gasteiger partial charge in [-0.25, -0.2) is 4.79 Å². The summed E-state index contributed by atoms with van der Waals surface area (Å²) in [5.74, 6) is -2.55. The molecule has 1 aliphatic rings. The first kappa shape index (κ1) is 12.3. The lowest BCUT2D eigenvalue weighted by atomic mass is 10.1. The predicted molar refractivity (Wildman–Crippen MR) is 62.8 cm³/mol. The molecule has 92 valence electrons. The summed E-state index contributed by atoms with van der Waals surface area (Å²) in [5.41, 5.74) is 0.317. The number of imide groups is 1. The minimum atomic E-state index is -1.34. The molecule has 1 aromatic carbocycles. The van der Waals surface area contributed by atoms with Crippen molar-refractivity contribution in [3.05, 3.63) is 47.0 Å². The molecule has 5 nitrogen and oxygen atoms in total. The highest BCUT2D eigenvalue weighted by atomic mass is 35.5. The number of carbonyl (C=O) groups excluding carboxylic acids is 2. The van der Waals surface area contributed by atoms with Crippen molar-refractivity contribution in [3.8, 4) is 0 Å². The number of hydrogen-bond acceptors (Lipinski definition) is 3. The van der Waals surface area contributed by atoms with Crippen LogP contribution in [0.3, 0.4) is 0 Å². The number of carboxylic acid groups (broad SMARTS) is 1. The lowest BCUT2D eigenvalue weighted by molar-refractivity contribution is -0.153. The first-order valence-corrected chi connectivity index (χ1v) is 5.42. The molecule has 1 unspecified atom stereocenters. The van der Waals surface area contributed by atoms with Gasteiger partial charge in [-0.1, -0.05) is 23.7 Å². The van der Waals surface area contributed by atoms with Crippen molar-refractivity contribution in [3.63, 3.8) is 0 Å². The van der Waals surface area contributed by atoms with Gasteiger partial charge in [0.1, 0.15) is 0 Å². The van der Waals surface area contributed by atoms with E-state index in [1.807, 2.05) is 0 Å². The Hall–Kier alpha value is -2.14. The Labute approximate surface area is 107 Å². The second-order valence-corrected chi connectivity index (χ2v) is 4.11. The van der Waals surface area contributed by atoms with Crippen LogP contribution in [0, 0.1) is 0 Å². The summed E-state index contributed by atoms with van der Waals surface area (Å²) in [4.78, 5) is 35.0. The quantitative estimate of drug-likeness (QED) is 0.838. The van der Waals surface area contributed by atoms with Gasteiger partial charge in [-0.2, -0.15) is 0 Å². The normalized spacial score (nSPS) is 16.2. The van der Waals surface area contributed by atoms with Gasteiger partial charge in [0.2, 0.25) is 0 Å². The van der Waals surface area contributed by atoms with Gasteiger partial charge in [-0.3, -0.25) is 14.5 Å². The Morgan fingerprint density at radius 2 is 1.61 bits per heavy atom. The summed E-state index contributed by atoms with van der Waals surface area (Å²) in [7, 11) is 0. The topological polar surface area (TPSA) is 74.7 Å². The Balaban J connectivity index is 2.41. The first-order valence-electron chi connectivity index (χ1n) is 5.04. The summed E-state index contributed by atoms with van der Waals surface area (Å²) < 4.78 is 0. The summed E-state index contributed by atoms with van der Waals surface area (Å²) >= 11 is 5.71. The average molecular weight is 266 g/mol. The standard InChI is InChI=1S/C12H8ClNO4/c13-8-3-1-7(2-4-8)11(12(17)18)14-9(15)5-6-10(14)16/h1-6,11H,(H,17,18). The van der Waals surface area contributed by atoms with Gasteiger partial charge in [0.15, 0.2) is 6.04 Å². The Morgan fingerprint density at radius 3 is 2.06 bits per heavy atom. The van der Waals surface area contributed by atoms with E-state index in [0.29, 0.717) is 15.5 Å². The third kappa shape index (κ3) is 2.12. The Kier molecular flexibility index (Phi) is 3.16. The molecule has 2 amide bonds. The maximum Gasteiger partial charge on any atom is 0.331 e. The van der Waals surface area contributed by atoms with Crippen molar-refractivity contribution < 1.29 is 19.5 Å². The molecule has 0 spiro atoms. The number of amides is 2. The molecule has 0 saturated carbocycles. The van der Waals surface area contributed by atoms with Gasteiger partial charge in [-0.15, -0.1) is 0 Å². The second kappa shape index (κ2) is 4.62. The Bertz CT molecular complexity index is 532. The van der Waals surface area contributed by atoms with Crippen molar-refractivity contribution in [1.29, 1.82) is 0 Å². The van der Waals surface area contributed by atoms with Gasteiger partial charge in [0, 0.05) is 17.2 Å². The van der Waals surface area contributed by atoms with E-state index in [1.54, 1.807) is 0 Å². The highest BCUT2D eigenvalue weighted by molar-refractivity contribution is 6.30. The van der Waals surface area contributed by atoms with Crippen LogP contribution in [-0.4, -0.2) is 27.8 Å². The zero-order valence-electron chi connectivity index (χ0n) is 9.04. The van der Waals surface area contributed by atoms with E-state index in [0.717, 1.165) is 12.2 Å². The second-order valence-electron chi connectivity index (χ2n) is 3.67. The fourth-order valence-corrected chi connectivity index (χ4v) is 1.84. The lowest BCUT2D eigenvalue weighted by Gasteiger charge is -2.22. The smallest absolute Gasteiger partial charge is 0.331 e. The molecule has 0 bridgehead atoms. The molecule has 6 heteroatoms. The molecule has 0 aliphatic carbocycles. The molecular formula is C12H8ClNO4. The molecule has 18 heavy (non-hydrogen) atoms. The van der Waals surface area contributed by atoms with E-state index in [9.17, 15) is 19.5 Å². The molecule has 0 radical (unpaired) electrons. The van der Waals surface area contributed by atoms with Gasteiger partial charge < -0.3 is 5.11 Å². The number of hydrogen-bond donors (Lipinski definition) is 1. The van der Waals surface area contributed by atoms with Crippen LogP contribution in [0.2, 0.25) is 5.02 Å². The number of carboxylic acids is 1. The van der Waals surface area contributed by atoms with Gasteiger partial charge in [-0.05, 0) is 17.7 Å². The molecule has 1 heterocycles. The number of nitrogens with zero attached hydrogens (tertiary/aromatic N) is 1. The van der Waals surface area contributed by atoms with Crippen molar-refractivity contribution in [2.24, 2.45) is 0 Å². The van der Waals surface area contributed by atoms with Crippen LogP contribution in [0.25, 0.3) is 0 Å². The summed E-state index contributed by atoms with van der Waals surface area (Å²) in [5, 5.41) is 9.63. The fourth-order valence-electron chi connectivity index (χ4n) is 1.71. The molecule has 1 aliphatic heterocycles. The van der Waals surface area contributed by atoms with Gasteiger partial charge in [0.25, 0.3) is 11.8 Å². The first-order chi connectivity index (χ1) is 8.50. The van der Waals surface area contributed by atoms with Crippen LogP contribution in [0.1, 0.15) is 11.6 Å². The van der Waals surface area contributed by atoms with E-state index >= 15 is 0 Å². The number of aliphatic carboxylic acids is 1. The van der Waals surface area contributed by atoms with E-state index in [4.69, 9.17) is 11.6 Å². The van der Waals surface area contributed by atoms with Crippen molar-refractivity contribution in [2.45, 2.75) is 6.04 Å². The van der Waals surface area contributed by atoms with Crippen LogP contribution < -0.4 is 0 Å². The van der Waals surface area contributed by atoms with E-state index in [1.165, 1.54) is 24.3 Å². The van der Waals surface area contributed by atoms with Crippen molar-refractivity contribution in [1.82, 2.24) is 4.90 Å². The molecule has 0 aromatic heterocycles. The molecule has 1 N–H and O–H groups in total. The molecule has 0 saturated heterocycles. The number of rotatable bonds is 3. The van der Waals surface area contributed by atoms with Crippen molar-refractivity contribution >= 4 is 29.4 Å². The molecule has 2 rings (SSSR count). The zero-order valence-corrected chi connectivity index (χ0v) is 9.79. The number of benzene rings is 1. The predicted octanol–water partition coefficient (Wildman–Crippen LogP) is 1.39. The van der Waals surface area contributed by atoms with Gasteiger partial charge in [0.05, 0.1) is 0 Å². The van der Waals surface area contributed by atoms with E-state index in [2.05, 4.69) is 0 Å². The summed E-state index contributed by atoms with van der Waals surface area (Å²) in [6, 6.07) is 4.62. The summed E-state index contributed by atoms with van der Waals surface area (Å²) in [6.07, 6.45) is 2.10. The third-order valence-electron chi connectivity index (χ3n) is 2.52. The molecule has 1 atom stereocenters. The fraction of sp³-hybridized carbons (Fsp3) is 0.0833. The van der Waals surface area contributed by atoms with Crippen LogP contribution >= 0.6 is 11.6 Å². The van der Waals surface area contributed by atoms with Crippen molar-refractivity contribution in [2.75, 3.05) is 0 Å². The van der Waals surface area contributed by atoms with Gasteiger partial charge >= 0.3 is 5.97 Å². The molecular weight excluding hydrogens is 258 g/mol. The molecule has 1 aromatic rings. The summed E-state index contributed by atoms with van der Waals surface area (Å²) in [6.45, 7) is 0. The minimum Gasteiger partial charge on any atom is -0.479 e.